The van der Waals surface area contributed by atoms with Crippen molar-refractivity contribution in [3.63, 3.8) is 0 Å². The van der Waals surface area contributed by atoms with Gasteiger partial charge in [-0.25, -0.2) is 5.43 Å². The highest BCUT2D eigenvalue weighted by molar-refractivity contribution is 6.35. The van der Waals surface area contributed by atoms with E-state index in [9.17, 15) is 9.59 Å². The molecule has 6 nitrogen and oxygen atoms in total. The number of fused-ring (bicyclic) bond motifs is 1. The van der Waals surface area contributed by atoms with Gasteiger partial charge in [0.2, 0.25) is 0 Å². The lowest BCUT2D eigenvalue weighted by Crippen LogP contribution is -2.38. The third-order valence-corrected chi connectivity index (χ3v) is 4.56. The second-order valence-corrected chi connectivity index (χ2v) is 6.80. The van der Waals surface area contributed by atoms with Gasteiger partial charge in [-0.05, 0) is 52.6 Å². The number of hydrogen-bond acceptors (Lipinski definition) is 4. The topological polar surface area (TPSA) is 79.8 Å². The van der Waals surface area contributed by atoms with Crippen molar-refractivity contribution in [2.24, 2.45) is 5.10 Å². The monoisotopic (exact) mass is 403 g/mol. The van der Waals surface area contributed by atoms with E-state index in [1.807, 2.05) is 49.4 Å². The van der Waals surface area contributed by atoms with Gasteiger partial charge in [-0.3, -0.25) is 9.59 Å². The summed E-state index contributed by atoms with van der Waals surface area (Å²) in [7, 11) is 0. The van der Waals surface area contributed by atoms with E-state index in [1.165, 1.54) is 17.0 Å². The highest BCUT2D eigenvalue weighted by Crippen LogP contribution is 2.20. The van der Waals surface area contributed by atoms with Crippen LogP contribution in [0.2, 0.25) is 0 Å². The van der Waals surface area contributed by atoms with Gasteiger partial charge in [-0.15, -0.1) is 0 Å². The Labute approximate surface area is 175 Å². The summed E-state index contributed by atoms with van der Waals surface area (Å²) >= 11 is 0. The predicted molar refractivity (Wildman–Crippen MR) is 118 cm³/mol. The maximum absolute atomic E-state index is 11.6. The van der Waals surface area contributed by atoms with E-state index in [1.54, 1.807) is 0 Å². The zero-order valence-electron chi connectivity index (χ0n) is 16.9. The van der Waals surface area contributed by atoms with Crippen LogP contribution in [-0.2, 0) is 16.2 Å². The quantitative estimate of drug-likeness (QED) is 0.260. The Balaban J connectivity index is 1.50. The van der Waals surface area contributed by atoms with E-state index in [-0.39, 0.29) is 0 Å². The van der Waals surface area contributed by atoms with Crippen LogP contribution >= 0.6 is 0 Å². The van der Waals surface area contributed by atoms with Crippen LogP contribution in [0.5, 0.6) is 5.75 Å². The molecular weight excluding hydrogens is 378 g/mol. The minimum Gasteiger partial charge on any atom is -0.489 e. The Morgan fingerprint density at radius 3 is 2.53 bits per heavy atom. The van der Waals surface area contributed by atoms with Crippen molar-refractivity contribution in [1.29, 1.82) is 0 Å². The van der Waals surface area contributed by atoms with Crippen molar-refractivity contribution in [2.75, 3.05) is 6.54 Å². The summed E-state index contributed by atoms with van der Waals surface area (Å²) in [6.45, 7) is 2.96. The lowest BCUT2D eigenvalue weighted by molar-refractivity contribution is -0.139. The average molecular weight is 403 g/mol. The predicted octanol–water partition coefficient (Wildman–Crippen LogP) is 3.79. The van der Waals surface area contributed by atoms with Gasteiger partial charge in [0.1, 0.15) is 12.4 Å². The SMILES string of the molecule is CCCCNC(=O)C(=O)N/N=C\c1ccc(OCc2cccc3ccccc23)cc1. The van der Waals surface area contributed by atoms with Crippen LogP contribution in [0.25, 0.3) is 10.8 Å². The number of rotatable bonds is 8. The lowest BCUT2D eigenvalue weighted by atomic mass is 10.1. The molecule has 0 aliphatic carbocycles. The summed E-state index contributed by atoms with van der Waals surface area (Å²) in [5.74, 6) is -0.727. The van der Waals surface area contributed by atoms with Crippen molar-refractivity contribution < 1.29 is 14.3 Å². The van der Waals surface area contributed by atoms with Crippen molar-refractivity contribution in [1.82, 2.24) is 10.7 Å². The lowest BCUT2D eigenvalue weighted by Gasteiger charge is -2.09. The molecule has 0 heterocycles. The summed E-state index contributed by atoms with van der Waals surface area (Å²) in [5, 5.41) is 8.72. The van der Waals surface area contributed by atoms with Crippen molar-refractivity contribution in [2.45, 2.75) is 26.4 Å². The number of hydrogen-bond donors (Lipinski definition) is 2. The van der Waals surface area contributed by atoms with Gasteiger partial charge in [-0.1, -0.05) is 55.8 Å². The third-order valence-electron chi connectivity index (χ3n) is 4.56. The van der Waals surface area contributed by atoms with Crippen LogP contribution in [0, 0.1) is 0 Å². The summed E-state index contributed by atoms with van der Waals surface area (Å²) in [4.78, 5) is 23.2. The fourth-order valence-corrected chi connectivity index (χ4v) is 2.90. The van der Waals surface area contributed by atoms with Crippen LogP contribution in [0.4, 0.5) is 0 Å². The first-order valence-electron chi connectivity index (χ1n) is 9.98. The third kappa shape index (κ3) is 5.91. The molecule has 0 aromatic heterocycles. The van der Waals surface area contributed by atoms with E-state index in [0.29, 0.717) is 13.2 Å². The normalized spacial score (nSPS) is 10.8. The molecule has 0 atom stereocenters. The maximum Gasteiger partial charge on any atom is 0.329 e. The molecule has 2 N–H and O–H groups in total. The van der Waals surface area contributed by atoms with Gasteiger partial charge >= 0.3 is 11.8 Å². The Hall–Kier alpha value is -3.67. The van der Waals surface area contributed by atoms with Crippen LogP contribution in [0.1, 0.15) is 30.9 Å². The van der Waals surface area contributed by atoms with Crippen molar-refractivity contribution in [3.8, 4) is 5.75 Å². The van der Waals surface area contributed by atoms with Gasteiger partial charge in [0, 0.05) is 6.54 Å². The molecule has 6 heteroatoms. The molecule has 0 saturated carbocycles. The minimum atomic E-state index is -0.780. The highest BCUT2D eigenvalue weighted by Gasteiger charge is 2.10. The Morgan fingerprint density at radius 1 is 0.967 bits per heavy atom. The Morgan fingerprint density at radius 2 is 1.73 bits per heavy atom. The first-order chi connectivity index (χ1) is 14.7. The molecular formula is C24H25N3O3. The summed E-state index contributed by atoms with van der Waals surface area (Å²) in [5.41, 5.74) is 4.12. The Bertz CT molecular complexity index is 1020. The van der Waals surface area contributed by atoms with Crippen molar-refractivity contribution in [3.05, 3.63) is 77.9 Å². The minimum absolute atomic E-state index is 0.470. The number of ether oxygens (including phenoxy) is 1. The zero-order valence-corrected chi connectivity index (χ0v) is 16.9. The van der Waals surface area contributed by atoms with E-state index >= 15 is 0 Å². The summed E-state index contributed by atoms with van der Waals surface area (Å²) in [6, 6.07) is 21.7. The number of nitrogens with zero attached hydrogens (tertiary/aromatic N) is 1. The van der Waals surface area contributed by atoms with Gasteiger partial charge < -0.3 is 10.1 Å². The zero-order chi connectivity index (χ0) is 21.2. The van der Waals surface area contributed by atoms with Crippen LogP contribution in [0.15, 0.2) is 71.8 Å². The number of carbonyl (C=O) groups is 2. The first kappa shape index (κ1) is 21.0. The smallest absolute Gasteiger partial charge is 0.329 e. The molecule has 154 valence electrons. The van der Waals surface area contributed by atoms with Crippen LogP contribution in [-0.4, -0.2) is 24.6 Å². The average Bonchev–Trinajstić information content (AvgIpc) is 2.78. The number of unbranched alkanes of at least 4 members (excludes halogenated alkanes) is 1. The van der Waals surface area contributed by atoms with Gasteiger partial charge in [-0.2, -0.15) is 5.10 Å². The van der Waals surface area contributed by atoms with Gasteiger partial charge in [0.05, 0.1) is 6.21 Å². The molecule has 3 rings (SSSR count). The second kappa shape index (κ2) is 10.8. The molecule has 0 radical (unpaired) electrons. The molecule has 0 unspecified atom stereocenters. The molecule has 0 spiro atoms. The molecule has 3 aromatic rings. The number of hydrazone groups is 1. The van der Waals surface area contributed by atoms with E-state index < -0.39 is 11.8 Å². The van der Waals surface area contributed by atoms with Crippen molar-refractivity contribution >= 4 is 28.8 Å². The van der Waals surface area contributed by atoms with E-state index in [4.69, 9.17) is 4.74 Å². The number of nitrogens with one attached hydrogen (secondary N) is 2. The Kier molecular flexibility index (Phi) is 7.55. The van der Waals surface area contributed by atoms with Crippen LogP contribution < -0.4 is 15.5 Å². The van der Waals surface area contributed by atoms with Gasteiger partial charge in [0.25, 0.3) is 0 Å². The fraction of sp³-hybridized carbons (Fsp3) is 0.208. The fourth-order valence-electron chi connectivity index (χ4n) is 2.90. The highest BCUT2D eigenvalue weighted by atomic mass is 16.5. The molecule has 0 bridgehead atoms. The first-order valence-corrected chi connectivity index (χ1v) is 9.98. The molecule has 0 fully saturated rings. The standard InChI is InChI=1S/C24H25N3O3/c1-2-3-15-25-23(28)24(29)27-26-16-18-11-13-21(14-12-18)30-17-20-9-6-8-19-7-4-5-10-22(19)20/h4-14,16H,2-3,15,17H2,1H3,(H,25,28)(H,27,29)/b26-16-. The number of benzene rings is 3. The van der Waals surface area contributed by atoms with E-state index in [2.05, 4.69) is 40.1 Å². The summed E-state index contributed by atoms with van der Waals surface area (Å²) in [6.07, 6.45) is 3.25. The number of carbonyl (C=O) groups excluding carboxylic acids is 2. The number of amides is 2. The summed E-state index contributed by atoms with van der Waals surface area (Å²) < 4.78 is 5.91. The molecule has 30 heavy (non-hydrogen) atoms. The van der Waals surface area contributed by atoms with E-state index in [0.717, 1.165) is 29.7 Å². The molecule has 0 aliphatic heterocycles. The molecule has 2 amide bonds. The van der Waals surface area contributed by atoms with Gasteiger partial charge in [0.15, 0.2) is 0 Å². The van der Waals surface area contributed by atoms with Crippen LogP contribution in [0.3, 0.4) is 0 Å². The second-order valence-electron chi connectivity index (χ2n) is 6.80. The molecule has 3 aromatic carbocycles. The molecule has 0 aliphatic rings. The maximum atomic E-state index is 11.6. The largest absolute Gasteiger partial charge is 0.489 e. The molecule has 0 saturated heterocycles.